The molecule has 4 heterocycles. The number of benzene rings is 8. The van der Waals surface area contributed by atoms with Crippen molar-refractivity contribution in [3.05, 3.63) is 186 Å². The molecule has 0 unspecified atom stereocenters. The maximum absolute atomic E-state index is 7.23. The minimum absolute atomic E-state index is 0.0420. The van der Waals surface area contributed by atoms with Gasteiger partial charge in [-0.15, -0.1) is 0 Å². The normalized spacial score (nSPS) is 16.9. The summed E-state index contributed by atoms with van der Waals surface area (Å²) in [5.41, 5.74) is 23.4. The Hall–Kier alpha value is -6.78. The van der Waals surface area contributed by atoms with Crippen molar-refractivity contribution >= 4 is 68.1 Å². The zero-order valence-electron chi connectivity index (χ0n) is 36.9. The fourth-order valence-corrected chi connectivity index (χ4v) is 12.0. The highest BCUT2D eigenvalue weighted by Gasteiger charge is 2.52. The molecule has 9 aromatic rings. The Balaban J connectivity index is 1.19. The second-order valence-electron chi connectivity index (χ2n) is 20.3. The molecule has 0 saturated carbocycles. The van der Waals surface area contributed by atoms with Gasteiger partial charge in [0.15, 0.2) is 5.58 Å². The van der Waals surface area contributed by atoms with Crippen molar-refractivity contribution in [2.45, 2.75) is 70.6 Å². The molecule has 3 nitrogen and oxygen atoms in total. The number of nitrogens with zero attached hydrogens (tertiary/aromatic N) is 2. The summed E-state index contributed by atoms with van der Waals surface area (Å²) in [6, 6.07) is 61.4. The van der Waals surface area contributed by atoms with Crippen LogP contribution < -0.4 is 20.6 Å². The van der Waals surface area contributed by atoms with E-state index in [4.69, 9.17) is 4.42 Å². The van der Waals surface area contributed by atoms with Crippen LogP contribution >= 0.6 is 0 Å². The van der Waals surface area contributed by atoms with Crippen LogP contribution in [0.25, 0.3) is 55.3 Å². The lowest BCUT2D eigenvalue weighted by Gasteiger charge is -2.51. The molecular weight excluding hydrogens is 763 g/mol. The third kappa shape index (κ3) is 5.04. The number of furan rings is 1. The highest BCUT2D eigenvalue weighted by atomic mass is 16.3. The van der Waals surface area contributed by atoms with E-state index in [9.17, 15) is 0 Å². The van der Waals surface area contributed by atoms with Gasteiger partial charge in [-0.2, -0.15) is 0 Å². The number of fused-ring (bicyclic) bond motifs is 11. The van der Waals surface area contributed by atoms with Crippen molar-refractivity contribution in [1.29, 1.82) is 0 Å². The minimum atomic E-state index is -0.263. The Kier molecular flexibility index (Phi) is 7.41. The van der Waals surface area contributed by atoms with E-state index in [2.05, 4.69) is 215 Å². The average molecular weight is 813 g/mol. The summed E-state index contributed by atoms with van der Waals surface area (Å²) in [5.74, 6) is 0. The molecule has 1 aliphatic carbocycles. The second kappa shape index (κ2) is 12.7. The molecule has 0 bridgehead atoms. The first-order valence-electron chi connectivity index (χ1n) is 22.8. The predicted molar refractivity (Wildman–Crippen MR) is 266 cm³/mol. The smallest absolute Gasteiger partial charge is 0.333 e. The minimum Gasteiger partial charge on any atom is -0.454 e. The van der Waals surface area contributed by atoms with Gasteiger partial charge in [-0.05, 0) is 127 Å². The van der Waals surface area contributed by atoms with Crippen molar-refractivity contribution in [3.8, 4) is 33.4 Å². The maximum Gasteiger partial charge on any atom is 0.333 e. The van der Waals surface area contributed by atoms with Gasteiger partial charge >= 0.3 is 6.85 Å². The molecule has 0 amide bonds. The van der Waals surface area contributed by atoms with Crippen LogP contribution in [0.4, 0.5) is 28.4 Å². The lowest BCUT2D eigenvalue weighted by atomic mass is 9.42. The second-order valence-corrected chi connectivity index (χ2v) is 20.3. The van der Waals surface area contributed by atoms with Crippen LogP contribution in [-0.4, -0.2) is 6.85 Å². The van der Waals surface area contributed by atoms with Gasteiger partial charge in [0.2, 0.25) is 0 Å². The highest BCUT2D eigenvalue weighted by Crippen LogP contribution is 2.59. The molecule has 0 radical (unpaired) electrons. The van der Waals surface area contributed by atoms with Gasteiger partial charge in [0.05, 0.1) is 11.4 Å². The first-order valence-corrected chi connectivity index (χ1v) is 22.8. The lowest BCUT2D eigenvalue weighted by molar-refractivity contribution is 0.331. The van der Waals surface area contributed by atoms with E-state index in [1.54, 1.807) is 0 Å². The number of anilines is 5. The number of hydrogen-bond donors (Lipinski definition) is 0. The monoisotopic (exact) mass is 812 g/mol. The number of rotatable bonds is 3. The summed E-state index contributed by atoms with van der Waals surface area (Å²) >= 11 is 0. The van der Waals surface area contributed by atoms with Crippen LogP contribution in [0.15, 0.2) is 168 Å². The van der Waals surface area contributed by atoms with E-state index in [1.165, 1.54) is 90.0 Å². The van der Waals surface area contributed by atoms with Crippen molar-refractivity contribution < 1.29 is 4.42 Å². The van der Waals surface area contributed by atoms with Crippen molar-refractivity contribution in [2.75, 3.05) is 9.71 Å². The molecule has 4 heteroatoms. The highest BCUT2D eigenvalue weighted by molar-refractivity contribution is 6.94. The molecule has 0 saturated heterocycles. The molecule has 1 aromatic heterocycles. The van der Waals surface area contributed by atoms with Crippen molar-refractivity contribution in [3.63, 3.8) is 0 Å². The average Bonchev–Trinajstić information content (AvgIpc) is 3.69. The van der Waals surface area contributed by atoms with E-state index in [0.717, 1.165) is 39.7 Å². The Morgan fingerprint density at radius 3 is 1.87 bits per heavy atom. The van der Waals surface area contributed by atoms with Gasteiger partial charge < -0.3 is 14.1 Å². The Morgan fingerprint density at radius 2 is 1.13 bits per heavy atom. The number of hydrogen-bond acceptors (Lipinski definition) is 3. The van der Waals surface area contributed by atoms with Gasteiger partial charge in [-0.1, -0.05) is 163 Å². The fraction of sp³-hybridized carbons (Fsp3) is 0.186. The lowest BCUT2D eigenvalue weighted by Crippen LogP contribution is -2.62. The van der Waals surface area contributed by atoms with Crippen LogP contribution in [-0.2, 0) is 16.2 Å². The van der Waals surface area contributed by atoms with Crippen LogP contribution in [0.5, 0.6) is 0 Å². The predicted octanol–water partition coefficient (Wildman–Crippen LogP) is 14.6. The SMILES string of the molecule is CC1(C)CCC(C)(C)c2cc3c(cc21)N1c2c(cccc2C3(C)C)B2c3c(cc4c(oc5ccccc54)c31)-c1cc(-c3ccccc3)ccc1N2c1cccc(-c2ccccc2)c1. The first-order chi connectivity index (χ1) is 30.5. The Bertz CT molecular complexity index is 3390. The fourth-order valence-electron chi connectivity index (χ4n) is 12.0. The molecule has 0 atom stereocenters. The Morgan fingerprint density at radius 1 is 0.476 bits per heavy atom. The zero-order chi connectivity index (χ0) is 42.6. The van der Waals surface area contributed by atoms with Crippen LogP contribution in [0.3, 0.4) is 0 Å². The van der Waals surface area contributed by atoms with E-state index in [1.807, 2.05) is 0 Å². The molecule has 0 N–H and O–H groups in total. The van der Waals surface area contributed by atoms with E-state index < -0.39 is 0 Å². The topological polar surface area (TPSA) is 19.6 Å². The van der Waals surface area contributed by atoms with Gasteiger partial charge in [0, 0.05) is 38.8 Å². The summed E-state index contributed by atoms with van der Waals surface area (Å²) in [4.78, 5) is 5.30. The standard InChI is InChI=1S/C59H49BN2O/c1-57(2)29-30-58(3,4)47-35-51-48(34-46(47)57)59(5,6)45-24-16-25-49-54(45)61(51)55-53-43(33-44-41-23-13-14-26-52(41)63-56(44)55)42-32-39(37-19-11-8-12-20-37)27-28-50(42)62(60(49)53)40-22-15-21-38(31-40)36-17-9-7-10-18-36/h7-28,31-35H,29-30H2,1-6H3. The summed E-state index contributed by atoms with van der Waals surface area (Å²) < 4.78 is 7.23. The molecular formula is C59H49BN2O. The molecule has 0 fully saturated rings. The Labute approximate surface area is 370 Å². The summed E-state index contributed by atoms with van der Waals surface area (Å²) in [5, 5.41) is 2.30. The first kappa shape index (κ1) is 36.8. The van der Waals surface area contributed by atoms with Crippen molar-refractivity contribution in [1.82, 2.24) is 0 Å². The van der Waals surface area contributed by atoms with Crippen LogP contribution in [0.2, 0.25) is 0 Å². The van der Waals surface area contributed by atoms with Gasteiger partial charge in [-0.25, -0.2) is 0 Å². The molecule has 63 heavy (non-hydrogen) atoms. The van der Waals surface area contributed by atoms with Crippen molar-refractivity contribution in [2.24, 2.45) is 0 Å². The summed E-state index contributed by atoms with van der Waals surface area (Å²) in [6.07, 6.45) is 2.33. The molecule has 3 aliphatic heterocycles. The number of para-hydroxylation sites is 2. The van der Waals surface area contributed by atoms with Crippen LogP contribution in [0.1, 0.15) is 76.6 Å². The van der Waals surface area contributed by atoms with Gasteiger partial charge in [0.25, 0.3) is 0 Å². The maximum atomic E-state index is 7.23. The van der Waals surface area contributed by atoms with E-state index in [0.29, 0.717) is 0 Å². The molecule has 304 valence electrons. The van der Waals surface area contributed by atoms with Gasteiger partial charge in [0.1, 0.15) is 5.58 Å². The molecule has 8 aromatic carbocycles. The van der Waals surface area contributed by atoms with E-state index >= 15 is 0 Å². The zero-order valence-corrected chi connectivity index (χ0v) is 36.9. The largest absolute Gasteiger partial charge is 0.454 e. The summed E-state index contributed by atoms with van der Waals surface area (Å²) in [6.45, 7) is 14.6. The molecule has 0 spiro atoms. The quantitative estimate of drug-likeness (QED) is 0.166. The van der Waals surface area contributed by atoms with Crippen LogP contribution in [0, 0.1) is 0 Å². The van der Waals surface area contributed by atoms with Gasteiger partial charge in [-0.3, -0.25) is 0 Å². The van der Waals surface area contributed by atoms with E-state index in [-0.39, 0.29) is 23.1 Å². The third-order valence-electron chi connectivity index (χ3n) is 15.5. The third-order valence-corrected chi connectivity index (χ3v) is 15.5. The summed E-state index contributed by atoms with van der Waals surface area (Å²) in [7, 11) is 0. The molecule has 4 aliphatic rings. The molecule has 13 rings (SSSR count).